The van der Waals surface area contributed by atoms with Crippen LogP contribution in [0.25, 0.3) is 10.9 Å². The van der Waals surface area contributed by atoms with E-state index in [4.69, 9.17) is 10.5 Å². The van der Waals surface area contributed by atoms with Crippen LogP contribution in [-0.2, 0) is 14.4 Å². The monoisotopic (exact) mass is 705 g/mol. The highest BCUT2D eigenvalue weighted by Gasteiger charge is 2.46. The molecular weight excluding hydrogens is 670 g/mol. The van der Waals surface area contributed by atoms with Crippen molar-refractivity contribution < 1.29 is 38.3 Å². The summed E-state index contributed by atoms with van der Waals surface area (Å²) in [6, 6.07) is 17.6. The van der Waals surface area contributed by atoms with Gasteiger partial charge < -0.3 is 26.4 Å². The fraction of sp³-hybridized carbons (Fsp3) is 0.243. The maximum Gasteiger partial charge on any atom is 0.266 e. The van der Waals surface area contributed by atoms with Crippen molar-refractivity contribution in [3.05, 3.63) is 95.2 Å². The number of unbranched alkanes of at least 4 members (excludes halogenated alkanes) is 2. The van der Waals surface area contributed by atoms with E-state index in [0.29, 0.717) is 54.5 Å². The number of carbonyl (C=O) groups excluding carboxylic acids is 7. The Bertz CT molecular complexity index is 2100. The quantitative estimate of drug-likeness (QED) is 0.0954. The number of nitrogens with two attached hydrogens (primary N) is 1. The topological polar surface area (TPSA) is 219 Å². The number of fused-ring (bicyclic) bond motifs is 2. The Morgan fingerprint density at radius 2 is 1.67 bits per heavy atom. The maximum absolute atomic E-state index is 13.2. The van der Waals surface area contributed by atoms with Gasteiger partial charge in [-0.2, -0.15) is 0 Å². The lowest BCUT2D eigenvalue weighted by Gasteiger charge is -2.27. The number of hydrogen-bond donors (Lipinski definition) is 5. The summed E-state index contributed by atoms with van der Waals surface area (Å²) in [4.78, 5) is 92.9. The van der Waals surface area contributed by atoms with E-state index in [1.165, 1.54) is 24.4 Å². The number of hydrogen-bond acceptors (Lipinski definition) is 10. The number of primary amides is 1. The van der Waals surface area contributed by atoms with Gasteiger partial charge in [0.05, 0.1) is 27.9 Å². The fourth-order valence-corrected chi connectivity index (χ4v) is 6.08. The van der Waals surface area contributed by atoms with E-state index in [1.54, 1.807) is 18.2 Å². The van der Waals surface area contributed by atoms with Crippen LogP contribution in [0.1, 0.15) is 73.5 Å². The molecule has 15 heteroatoms. The maximum atomic E-state index is 13.2. The van der Waals surface area contributed by atoms with Crippen molar-refractivity contribution in [1.29, 1.82) is 0 Å². The van der Waals surface area contributed by atoms with Gasteiger partial charge in [-0.15, -0.1) is 0 Å². The number of ether oxygens (including phenoxy) is 1. The molecule has 0 bridgehead atoms. The molecule has 52 heavy (non-hydrogen) atoms. The number of carbonyl (C=O) groups is 7. The Balaban J connectivity index is 0.948. The summed E-state index contributed by atoms with van der Waals surface area (Å²) in [7, 11) is 0. The first kappa shape index (κ1) is 35.2. The standard InChI is InChI=1S/C37H35N7O8/c38-33(47)25-19-41-26-13-12-21(18-24(26)32(25)42-22-8-3-1-4-9-22)34(48)40-17-6-2-5-16-39-30(46)20-52-28-11-7-10-23-31(28)37(51)44(36(23)50)27-14-15-29(45)43-35(27)49/h1,3-4,7-13,18-19,27H,2,5-6,14-17,20H2,(H2,38,47)(H,39,46)(H,40,48)(H,41,42)(H,43,45,49). The van der Waals surface area contributed by atoms with Crippen molar-refractivity contribution in [2.24, 2.45) is 5.73 Å². The summed E-state index contributed by atoms with van der Waals surface area (Å²) >= 11 is 0. The van der Waals surface area contributed by atoms with Crippen molar-refractivity contribution >= 4 is 63.6 Å². The number of amides is 7. The highest BCUT2D eigenvalue weighted by molar-refractivity contribution is 6.24. The van der Waals surface area contributed by atoms with Crippen molar-refractivity contribution in [2.45, 2.75) is 38.1 Å². The van der Waals surface area contributed by atoms with Gasteiger partial charge in [0.1, 0.15) is 11.8 Å². The first-order valence-electron chi connectivity index (χ1n) is 16.7. The second-order valence-corrected chi connectivity index (χ2v) is 12.2. The molecule has 7 amide bonds. The normalized spacial score (nSPS) is 15.2. The Morgan fingerprint density at radius 1 is 0.904 bits per heavy atom. The second kappa shape index (κ2) is 15.5. The lowest BCUT2D eigenvalue weighted by atomic mass is 10.0. The molecule has 15 nitrogen and oxygen atoms in total. The molecule has 6 N–H and O–H groups in total. The molecule has 1 aromatic heterocycles. The molecule has 2 aliphatic rings. The number of aromatic nitrogens is 1. The Hall–Kier alpha value is -6.64. The molecule has 4 aromatic rings. The summed E-state index contributed by atoms with van der Waals surface area (Å²) in [5.74, 6) is -3.92. The van der Waals surface area contributed by atoms with Crippen LogP contribution in [0, 0.1) is 0 Å². The predicted octanol–water partition coefficient (Wildman–Crippen LogP) is 2.57. The first-order chi connectivity index (χ1) is 25.1. The van der Waals surface area contributed by atoms with Gasteiger partial charge >= 0.3 is 0 Å². The molecule has 6 rings (SSSR count). The summed E-state index contributed by atoms with van der Waals surface area (Å²) < 4.78 is 5.61. The SMILES string of the molecule is NC(=O)c1cnc2ccc(C(=O)NCCCCCNC(=O)COc3cccc4c3C(=O)N(C3CCC(=O)NC3=O)C4=O)cc2c1Nc1ccccc1. The highest BCUT2D eigenvalue weighted by Crippen LogP contribution is 2.34. The summed E-state index contributed by atoms with van der Waals surface area (Å²) in [6.45, 7) is 0.336. The van der Waals surface area contributed by atoms with Gasteiger partial charge in [-0.05, 0) is 68.1 Å². The highest BCUT2D eigenvalue weighted by atomic mass is 16.5. The van der Waals surface area contributed by atoms with E-state index in [0.717, 1.165) is 10.6 Å². The van der Waals surface area contributed by atoms with Crippen LogP contribution in [0.3, 0.4) is 0 Å². The van der Waals surface area contributed by atoms with E-state index >= 15 is 0 Å². The number of benzene rings is 3. The summed E-state index contributed by atoms with van der Waals surface area (Å²) in [6.07, 6.45) is 3.41. The molecule has 2 aliphatic heterocycles. The molecule has 1 unspecified atom stereocenters. The molecule has 3 heterocycles. The third kappa shape index (κ3) is 7.57. The largest absolute Gasteiger partial charge is 0.483 e. The minimum Gasteiger partial charge on any atom is -0.483 e. The number of rotatable bonds is 14. The molecule has 0 saturated carbocycles. The molecule has 0 spiro atoms. The fourth-order valence-electron chi connectivity index (χ4n) is 6.08. The molecule has 0 aliphatic carbocycles. The molecule has 266 valence electrons. The van der Waals surface area contributed by atoms with Crippen molar-refractivity contribution in [3.8, 4) is 5.75 Å². The van der Waals surface area contributed by atoms with Gasteiger partial charge in [0, 0.05) is 42.3 Å². The number of piperidine rings is 1. The average Bonchev–Trinajstić information content (AvgIpc) is 3.39. The lowest BCUT2D eigenvalue weighted by Crippen LogP contribution is -2.54. The van der Waals surface area contributed by atoms with E-state index in [2.05, 4.69) is 26.3 Å². The number of nitrogens with one attached hydrogen (secondary N) is 4. The number of para-hydroxylation sites is 1. The van der Waals surface area contributed by atoms with Crippen molar-refractivity contribution in [2.75, 3.05) is 25.0 Å². The molecule has 0 radical (unpaired) electrons. The predicted molar refractivity (Wildman–Crippen MR) is 188 cm³/mol. The number of pyridine rings is 1. The zero-order chi connectivity index (χ0) is 36.8. The number of anilines is 2. The van der Waals surface area contributed by atoms with Crippen LogP contribution in [0.15, 0.2) is 72.9 Å². The van der Waals surface area contributed by atoms with Gasteiger partial charge in [-0.1, -0.05) is 24.3 Å². The van der Waals surface area contributed by atoms with Crippen LogP contribution in [0.2, 0.25) is 0 Å². The number of nitrogens with zero attached hydrogens (tertiary/aromatic N) is 2. The van der Waals surface area contributed by atoms with Crippen LogP contribution >= 0.6 is 0 Å². The summed E-state index contributed by atoms with van der Waals surface area (Å²) in [5, 5.41) is 11.6. The molecule has 3 aromatic carbocycles. The van der Waals surface area contributed by atoms with E-state index in [1.807, 2.05) is 30.3 Å². The Labute approximate surface area is 297 Å². The Kier molecular flexibility index (Phi) is 10.5. The smallest absolute Gasteiger partial charge is 0.266 e. The lowest BCUT2D eigenvalue weighted by molar-refractivity contribution is -0.136. The van der Waals surface area contributed by atoms with E-state index in [-0.39, 0.29) is 41.2 Å². The molecule has 1 saturated heterocycles. The third-order valence-electron chi connectivity index (χ3n) is 8.69. The molecule has 1 fully saturated rings. The zero-order valence-electron chi connectivity index (χ0n) is 27.9. The van der Waals surface area contributed by atoms with Crippen LogP contribution in [-0.4, -0.2) is 77.0 Å². The first-order valence-corrected chi connectivity index (χ1v) is 16.7. The van der Waals surface area contributed by atoms with E-state index in [9.17, 15) is 33.6 Å². The van der Waals surface area contributed by atoms with Gasteiger partial charge in [-0.25, -0.2) is 0 Å². The van der Waals surface area contributed by atoms with Crippen LogP contribution in [0.4, 0.5) is 11.4 Å². The van der Waals surface area contributed by atoms with Gasteiger partial charge in [0.2, 0.25) is 11.8 Å². The molecule has 1 atom stereocenters. The zero-order valence-corrected chi connectivity index (χ0v) is 27.9. The minimum atomic E-state index is -1.11. The average molecular weight is 706 g/mol. The van der Waals surface area contributed by atoms with Gasteiger partial charge in [0.15, 0.2) is 6.61 Å². The van der Waals surface area contributed by atoms with Gasteiger partial charge in [0.25, 0.3) is 29.5 Å². The molecular formula is C37H35N7O8. The second-order valence-electron chi connectivity index (χ2n) is 12.2. The van der Waals surface area contributed by atoms with Gasteiger partial charge in [-0.3, -0.25) is 48.8 Å². The van der Waals surface area contributed by atoms with Crippen LogP contribution < -0.4 is 31.7 Å². The van der Waals surface area contributed by atoms with Crippen molar-refractivity contribution in [3.63, 3.8) is 0 Å². The van der Waals surface area contributed by atoms with E-state index < -0.39 is 48.1 Å². The number of imide groups is 2. The summed E-state index contributed by atoms with van der Waals surface area (Å²) in [5.41, 5.74) is 8.00. The van der Waals surface area contributed by atoms with Crippen LogP contribution in [0.5, 0.6) is 5.75 Å². The third-order valence-corrected chi connectivity index (χ3v) is 8.69. The minimum absolute atomic E-state index is 0.00152. The van der Waals surface area contributed by atoms with Crippen molar-refractivity contribution in [1.82, 2.24) is 25.8 Å². The Morgan fingerprint density at radius 3 is 2.42 bits per heavy atom.